The fourth-order valence-corrected chi connectivity index (χ4v) is 10.7. The standard InChI is InChI=1S/C36H24NOPS/c38-39(28-13-2-1-3-14-28)33-19-8-9-20-35(33)40-36-22-21-26(24-34(36)39)25-11-10-12-27(23-25)37-31-17-6-4-15-29(31)30-16-5-7-18-32(30)37/h1-24H. The molecule has 0 saturated heterocycles. The van der Waals surface area contributed by atoms with Gasteiger partial charge in [-0.3, -0.25) is 0 Å². The molecule has 4 heteroatoms. The van der Waals surface area contributed by atoms with Crippen LogP contribution in [0.1, 0.15) is 0 Å². The predicted molar refractivity (Wildman–Crippen MR) is 170 cm³/mol. The summed E-state index contributed by atoms with van der Waals surface area (Å²) in [5.74, 6) is 0. The second-order valence-corrected chi connectivity index (χ2v) is 13.9. The van der Waals surface area contributed by atoms with E-state index in [1.54, 1.807) is 11.8 Å². The smallest absolute Gasteiger partial charge is 0.173 e. The maximum Gasteiger partial charge on any atom is 0.173 e. The van der Waals surface area contributed by atoms with Gasteiger partial charge in [-0.15, -0.1) is 0 Å². The molecule has 8 rings (SSSR count). The first-order valence-electron chi connectivity index (χ1n) is 13.4. The van der Waals surface area contributed by atoms with Gasteiger partial charge in [0.05, 0.1) is 11.0 Å². The summed E-state index contributed by atoms with van der Waals surface area (Å²) < 4.78 is 17.5. The van der Waals surface area contributed by atoms with Crippen molar-refractivity contribution < 1.29 is 4.57 Å². The number of rotatable bonds is 3. The van der Waals surface area contributed by atoms with E-state index >= 15 is 4.57 Å². The van der Waals surface area contributed by atoms with Gasteiger partial charge in [0, 0.05) is 42.2 Å². The SMILES string of the molecule is O=P1(c2ccccc2)c2ccccc2Sc2ccc(-c3cccc(-n4c5ccccc5c5ccccc54)c3)cc21. The third-order valence-electron chi connectivity index (χ3n) is 7.86. The molecule has 1 atom stereocenters. The van der Waals surface area contributed by atoms with Crippen molar-refractivity contribution in [1.29, 1.82) is 0 Å². The predicted octanol–water partition coefficient (Wildman–Crippen LogP) is 8.55. The maximum absolute atomic E-state index is 15.2. The summed E-state index contributed by atoms with van der Waals surface area (Å²) in [5, 5.41) is 5.21. The molecule has 7 aromatic rings. The molecule has 0 radical (unpaired) electrons. The zero-order valence-corrected chi connectivity index (χ0v) is 23.3. The van der Waals surface area contributed by atoms with Crippen molar-refractivity contribution in [3.63, 3.8) is 0 Å². The van der Waals surface area contributed by atoms with Crippen LogP contribution >= 0.6 is 18.9 Å². The van der Waals surface area contributed by atoms with Crippen LogP contribution in [0.4, 0.5) is 0 Å². The van der Waals surface area contributed by atoms with E-state index in [2.05, 4.69) is 102 Å². The van der Waals surface area contributed by atoms with Gasteiger partial charge < -0.3 is 9.13 Å². The Morgan fingerprint density at radius 3 is 1.90 bits per heavy atom. The molecule has 6 aromatic carbocycles. The molecule has 1 unspecified atom stereocenters. The van der Waals surface area contributed by atoms with Gasteiger partial charge in [0.15, 0.2) is 7.14 Å². The molecular formula is C36H24NOPS. The molecule has 40 heavy (non-hydrogen) atoms. The van der Waals surface area contributed by atoms with Gasteiger partial charge in [0.2, 0.25) is 0 Å². The zero-order valence-electron chi connectivity index (χ0n) is 21.6. The highest BCUT2D eigenvalue weighted by molar-refractivity contribution is 8.02. The number of nitrogens with zero attached hydrogens (tertiary/aromatic N) is 1. The molecule has 0 fully saturated rings. The topological polar surface area (TPSA) is 22.0 Å². The summed E-state index contributed by atoms with van der Waals surface area (Å²) in [6.45, 7) is 0. The van der Waals surface area contributed by atoms with Crippen LogP contribution in [0.3, 0.4) is 0 Å². The molecule has 0 aliphatic carbocycles. The molecule has 2 nitrogen and oxygen atoms in total. The van der Waals surface area contributed by atoms with E-state index in [0.29, 0.717) is 0 Å². The molecule has 0 amide bonds. The Kier molecular flexibility index (Phi) is 5.38. The van der Waals surface area contributed by atoms with Gasteiger partial charge in [-0.05, 0) is 59.7 Å². The molecule has 190 valence electrons. The Morgan fingerprint density at radius 2 is 1.12 bits per heavy atom. The Balaban J connectivity index is 1.32. The van der Waals surface area contributed by atoms with E-state index in [9.17, 15) is 0 Å². The minimum atomic E-state index is -3.04. The van der Waals surface area contributed by atoms with Gasteiger partial charge >= 0.3 is 0 Å². The monoisotopic (exact) mass is 549 g/mol. The van der Waals surface area contributed by atoms with Gasteiger partial charge in [-0.2, -0.15) is 0 Å². The lowest BCUT2D eigenvalue weighted by molar-refractivity contribution is 0.591. The van der Waals surface area contributed by atoms with Crippen molar-refractivity contribution >= 4 is 56.6 Å². The van der Waals surface area contributed by atoms with Gasteiger partial charge in [-0.1, -0.05) is 109 Å². The summed E-state index contributed by atoms with van der Waals surface area (Å²) in [4.78, 5) is 2.14. The lowest BCUT2D eigenvalue weighted by Crippen LogP contribution is -2.30. The number of benzene rings is 6. The van der Waals surface area contributed by atoms with Crippen molar-refractivity contribution in [2.75, 3.05) is 0 Å². The molecule has 0 saturated carbocycles. The molecule has 1 aliphatic heterocycles. The van der Waals surface area contributed by atoms with Crippen molar-refractivity contribution in [2.24, 2.45) is 0 Å². The van der Waals surface area contributed by atoms with Crippen LogP contribution in [-0.4, -0.2) is 4.57 Å². The first-order valence-corrected chi connectivity index (χ1v) is 15.9. The highest BCUT2D eigenvalue weighted by Gasteiger charge is 2.38. The Bertz CT molecular complexity index is 2080. The second-order valence-electron chi connectivity index (χ2n) is 10.1. The van der Waals surface area contributed by atoms with Crippen molar-refractivity contribution in [1.82, 2.24) is 4.57 Å². The molecule has 1 aliphatic rings. The summed E-state index contributed by atoms with van der Waals surface area (Å²) >= 11 is 1.71. The minimum Gasteiger partial charge on any atom is -0.309 e. The average Bonchev–Trinajstić information content (AvgIpc) is 3.36. The van der Waals surface area contributed by atoms with E-state index in [1.165, 1.54) is 21.8 Å². The summed E-state index contributed by atoms with van der Waals surface area (Å²) in [5.41, 5.74) is 5.66. The maximum atomic E-state index is 15.2. The summed E-state index contributed by atoms with van der Waals surface area (Å²) in [6.07, 6.45) is 0. The quantitative estimate of drug-likeness (QED) is 0.206. The van der Waals surface area contributed by atoms with Crippen LogP contribution in [0.25, 0.3) is 38.6 Å². The van der Waals surface area contributed by atoms with Crippen molar-refractivity contribution in [3.8, 4) is 16.8 Å². The third-order valence-corrected chi connectivity index (χ3v) is 12.5. The third kappa shape index (κ3) is 3.48. The van der Waals surface area contributed by atoms with Gasteiger partial charge in [0.1, 0.15) is 0 Å². The summed E-state index contributed by atoms with van der Waals surface area (Å²) in [7, 11) is -3.04. The van der Waals surface area contributed by atoms with E-state index in [-0.39, 0.29) is 0 Å². The highest BCUT2D eigenvalue weighted by Crippen LogP contribution is 2.52. The summed E-state index contributed by atoms with van der Waals surface area (Å²) in [6, 6.07) is 50.4. The lowest BCUT2D eigenvalue weighted by atomic mass is 10.0. The Labute approximate surface area is 237 Å². The van der Waals surface area contributed by atoms with Crippen LogP contribution in [0.15, 0.2) is 155 Å². The molecule has 0 spiro atoms. The largest absolute Gasteiger partial charge is 0.309 e. The Hall–Kier alpha value is -4.30. The molecule has 1 aromatic heterocycles. The van der Waals surface area contributed by atoms with Crippen LogP contribution in [0, 0.1) is 0 Å². The number of para-hydroxylation sites is 2. The fraction of sp³-hybridized carbons (Fsp3) is 0. The van der Waals surface area contributed by atoms with E-state index < -0.39 is 7.14 Å². The highest BCUT2D eigenvalue weighted by atomic mass is 32.2. The number of fused-ring (bicyclic) bond motifs is 5. The molecular weight excluding hydrogens is 525 g/mol. The van der Waals surface area contributed by atoms with Crippen LogP contribution in [0.5, 0.6) is 0 Å². The van der Waals surface area contributed by atoms with Crippen molar-refractivity contribution in [3.05, 3.63) is 146 Å². The van der Waals surface area contributed by atoms with Crippen LogP contribution < -0.4 is 15.9 Å². The van der Waals surface area contributed by atoms with E-state index in [1.807, 2.05) is 48.5 Å². The van der Waals surface area contributed by atoms with E-state index in [0.717, 1.165) is 42.5 Å². The first kappa shape index (κ1) is 23.6. The van der Waals surface area contributed by atoms with Crippen LogP contribution in [0.2, 0.25) is 0 Å². The minimum absolute atomic E-state index is 0.875. The zero-order chi connectivity index (χ0) is 26.7. The Morgan fingerprint density at radius 1 is 0.500 bits per heavy atom. The van der Waals surface area contributed by atoms with Crippen molar-refractivity contribution in [2.45, 2.75) is 9.79 Å². The number of hydrogen-bond donors (Lipinski definition) is 0. The number of aromatic nitrogens is 1. The molecule has 0 N–H and O–H groups in total. The number of hydrogen-bond acceptors (Lipinski definition) is 2. The van der Waals surface area contributed by atoms with Gasteiger partial charge in [-0.25, -0.2) is 0 Å². The molecule has 0 bridgehead atoms. The second kappa shape index (κ2) is 9.13. The first-order chi connectivity index (χ1) is 19.7. The normalized spacial score (nSPS) is 16.1. The van der Waals surface area contributed by atoms with Crippen LogP contribution in [-0.2, 0) is 4.57 Å². The van der Waals surface area contributed by atoms with Gasteiger partial charge in [0.25, 0.3) is 0 Å². The lowest BCUT2D eigenvalue weighted by Gasteiger charge is -2.29. The fourth-order valence-electron chi connectivity index (χ4n) is 6.02. The molecule has 2 heterocycles. The average molecular weight is 550 g/mol. The van der Waals surface area contributed by atoms with E-state index in [4.69, 9.17) is 0 Å².